The standard InChI is InChI=1S/C19H13F8N3O/c1-9(18(23,24)19(25,26)27)29-17(31)11-5-10-3-2-4-28-16(10)30(8-11)15-13(21)6-12(20)7-14(15)22/h2-4,6-9H,5H2,1H3,(H,29,31). The first-order valence-electron chi connectivity index (χ1n) is 8.66. The van der Waals surface area contributed by atoms with Gasteiger partial charge < -0.3 is 5.32 Å². The number of alkyl halides is 5. The smallest absolute Gasteiger partial charge is 0.343 e. The molecule has 2 heterocycles. The molecule has 0 spiro atoms. The number of benzene rings is 1. The summed E-state index contributed by atoms with van der Waals surface area (Å²) in [5.74, 6) is -10.4. The Morgan fingerprint density at radius 3 is 2.32 bits per heavy atom. The third-order valence-corrected chi connectivity index (χ3v) is 4.55. The van der Waals surface area contributed by atoms with Crippen LogP contribution >= 0.6 is 0 Å². The Morgan fingerprint density at radius 1 is 1.13 bits per heavy atom. The zero-order valence-electron chi connectivity index (χ0n) is 15.6. The highest BCUT2D eigenvalue weighted by Crippen LogP contribution is 2.39. The van der Waals surface area contributed by atoms with Crippen LogP contribution in [0.5, 0.6) is 0 Å². The summed E-state index contributed by atoms with van der Waals surface area (Å²) >= 11 is 0. The number of carbonyl (C=O) groups is 1. The minimum absolute atomic E-state index is 0.0304. The molecule has 1 unspecified atom stereocenters. The lowest BCUT2D eigenvalue weighted by Crippen LogP contribution is -2.54. The van der Waals surface area contributed by atoms with Gasteiger partial charge in [0.1, 0.15) is 17.3 Å². The second-order valence-electron chi connectivity index (χ2n) is 6.72. The number of rotatable bonds is 4. The molecule has 1 atom stereocenters. The molecular formula is C19H13F8N3O. The van der Waals surface area contributed by atoms with Crippen molar-refractivity contribution in [3.8, 4) is 0 Å². The maximum absolute atomic E-state index is 14.3. The molecule has 166 valence electrons. The van der Waals surface area contributed by atoms with E-state index in [-0.39, 0.29) is 23.4 Å². The first kappa shape index (κ1) is 22.5. The van der Waals surface area contributed by atoms with Crippen molar-refractivity contribution in [2.45, 2.75) is 31.5 Å². The van der Waals surface area contributed by atoms with Gasteiger partial charge in [-0.2, -0.15) is 22.0 Å². The van der Waals surface area contributed by atoms with Crippen LogP contribution in [-0.4, -0.2) is 29.0 Å². The van der Waals surface area contributed by atoms with Crippen LogP contribution in [0.2, 0.25) is 0 Å². The summed E-state index contributed by atoms with van der Waals surface area (Å²) in [6, 6.07) is 0.992. The minimum atomic E-state index is -5.90. The SMILES string of the molecule is CC(NC(=O)C1=CN(c2c(F)cc(F)cc2F)c2ncccc2C1)C(F)(F)C(F)(F)F. The van der Waals surface area contributed by atoms with E-state index in [1.807, 2.05) is 0 Å². The molecule has 1 N–H and O–H groups in total. The Bertz CT molecular complexity index is 1030. The van der Waals surface area contributed by atoms with E-state index in [1.165, 1.54) is 18.3 Å². The van der Waals surface area contributed by atoms with Crippen molar-refractivity contribution in [3.63, 3.8) is 0 Å². The van der Waals surface area contributed by atoms with Crippen LogP contribution in [0.3, 0.4) is 0 Å². The van der Waals surface area contributed by atoms with Crippen molar-refractivity contribution >= 4 is 17.4 Å². The van der Waals surface area contributed by atoms with Crippen molar-refractivity contribution in [1.29, 1.82) is 0 Å². The van der Waals surface area contributed by atoms with Gasteiger partial charge in [0.25, 0.3) is 0 Å². The molecule has 0 fully saturated rings. The van der Waals surface area contributed by atoms with Crippen LogP contribution in [0.25, 0.3) is 0 Å². The van der Waals surface area contributed by atoms with Gasteiger partial charge in [-0.05, 0) is 13.0 Å². The van der Waals surface area contributed by atoms with Gasteiger partial charge in [-0.15, -0.1) is 0 Å². The fraction of sp³-hybridized carbons (Fsp3) is 0.263. The van der Waals surface area contributed by atoms with Crippen LogP contribution < -0.4 is 10.2 Å². The minimum Gasteiger partial charge on any atom is -0.343 e. The van der Waals surface area contributed by atoms with Crippen LogP contribution in [0.4, 0.5) is 46.6 Å². The molecule has 4 nitrogen and oxygen atoms in total. The first-order valence-corrected chi connectivity index (χ1v) is 8.66. The molecule has 1 amide bonds. The Kier molecular flexibility index (Phi) is 5.68. The summed E-state index contributed by atoms with van der Waals surface area (Å²) in [6.07, 6.45) is -4.04. The largest absolute Gasteiger partial charge is 0.455 e. The van der Waals surface area contributed by atoms with E-state index in [4.69, 9.17) is 0 Å². The fourth-order valence-electron chi connectivity index (χ4n) is 2.95. The fourth-order valence-corrected chi connectivity index (χ4v) is 2.95. The highest BCUT2D eigenvalue weighted by atomic mass is 19.4. The third kappa shape index (κ3) is 4.19. The molecule has 3 rings (SSSR count). The maximum Gasteiger partial charge on any atom is 0.455 e. The molecule has 1 aliphatic heterocycles. The summed E-state index contributed by atoms with van der Waals surface area (Å²) in [6.45, 7) is 0.474. The number of carbonyl (C=O) groups excluding carboxylic acids is 1. The average Bonchev–Trinajstić information content (AvgIpc) is 2.65. The van der Waals surface area contributed by atoms with Crippen LogP contribution in [0, 0.1) is 17.5 Å². The molecule has 0 saturated carbocycles. The number of hydrogen-bond donors (Lipinski definition) is 1. The molecule has 2 aromatic rings. The number of anilines is 2. The van der Waals surface area contributed by atoms with E-state index >= 15 is 0 Å². The Hall–Kier alpha value is -3.18. The normalized spacial score (nSPS) is 15.3. The van der Waals surface area contributed by atoms with Crippen molar-refractivity contribution in [1.82, 2.24) is 10.3 Å². The van der Waals surface area contributed by atoms with E-state index in [0.717, 1.165) is 11.1 Å². The number of pyridine rings is 1. The molecule has 0 saturated heterocycles. The quantitative estimate of drug-likeness (QED) is 0.681. The van der Waals surface area contributed by atoms with Crippen LogP contribution in [0.15, 0.2) is 42.2 Å². The van der Waals surface area contributed by atoms with E-state index in [0.29, 0.717) is 19.1 Å². The number of nitrogens with one attached hydrogen (secondary N) is 1. The number of aromatic nitrogens is 1. The first-order chi connectivity index (χ1) is 14.3. The molecule has 12 heteroatoms. The Balaban J connectivity index is 2.00. The summed E-state index contributed by atoms with van der Waals surface area (Å²) in [4.78, 5) is 17.1. The number of halogens is 8. The number of fused-ring (bicyclic) bond motifs is 1. The zero-order valence-corrected chi connectivity index (χ0v) is 15.6. The highest BCUT2D eigenvalue weighted by molar-refractivity contribution is 5.96. The van der Waals surface area contributed by atoms with Crippen LogP contribution in [0.1, 0.15) is 12.5 Å². The second-order valence-corrected chi connectivity index (χ2v) is 6.72. The molecule has 0 aliphatic carbocycles. The molecule has 1 aliphatic rings. The van der Waals surface area contributed by atoms with Gasteiger partial charge in [0.05, 0.1) is 6.04 Å². The monoisotopic (exact) mass is 451 g/mol. The van der Waals surface area contributed by atoms with Crippen molar-refractivity contribution in [3.05, 3.63) is 65.3 Å². The number of nitrogens with zero attached hydrogens (tertiary/aromatic N) is 2. The molecule has 0 radical (unpaired) electrons. The number of amides is 1. The lowest BCUT2D eigenvalue weighted by Gasteiger charge is -2.30. The van der Waals surface area contributed by atoms with E-state index in [1.54, 1.807) is 5.32 Å². The lowest BCUT2D eigenvalue weighted by atomic mass is 10.0. The van der Waals surface area contributed by atoms with Gasteiger partial charge in [-0.3, -0.25) is 9.69 Å². The lowest BCUT2D eigenvalue weighted by molar-refractivity contribution is -0.290. The van der Waals surface area contributed by atoms with E-state index < -0.39 is 47.2 Å². The maximum atomic E-state index is 14.3. The summed E-state index contributed by atoms with van der Waals surface area (Å²) < 4.78 is 106. The summed E-state index contributed by atoms with van der Waals surface area (Å²) in [5, 5.41) is 1.57. The summed E-state index contributed by atoms with van der Waals surface area (Å²) in [5.41, 5.74) is -0.943. The molecule has 1 aromatic carbocycles. The van der Waals surface area contributed by atoms with Gasteiger partial charge in [-0.25, -0.2) is 18.2 Å². The Morgan fingerprint density at radius 2 is 1.74 bits per heavy atom. The predicted octanol–water partition coefficient (Wildman–Crippen LogP) is 4.78. The van der Waals surface area contributed by atoms with Gasteiger partial charge in [-0.1, -0.05) is 6.07 Å². The molecule has 0 bridgehead atoms. The topological polar surface area (TPSA) is 45.2 Å². The highest BCUT2D eigenvalue weighted by Gasteiger charge is 2.61. The third-order valence-electron chi connectivity index (χ3n) is 4.55. The predicted molar refractivity (Wildman–Crippen MR) is 93.1 cm³/mol. The van der Waals surface area contributed by atoms with Crippen LogP contribution in [-0.2, 0) is 11.2 Å². The van der Waals surface area contributed by atoms with Gasteiger partial charge >= 0.3 is 12.1 Å². The Labute approximate surface area is 170 Å². The van der Waals surface area contributed by atoms with E-state index in [9.17, 15) is 39.9 Å². The van der Waals surface area contributed by atoms with E-state index in [2.05, 4.69) is 4.98 Å². The molecule has 31 heavy (non-hydrogen) atoms. The zero-order chi connectivity index (χ0) is 23.1. The average molecular weight is 451 g/mol. The van der Waals surface area contributed by atoms with Gasteiger partial charge in [0.15, 0.2) is 11.6 Å². The van der Waals surface area contributed by atoms with Gasteiger partial charge in [0, 0.05) is 42.1 Å². The van der Waals surface area contributed by atoms with Gasteiger partial charge in [0.2, 0.25) is 5.91 Å². The second kappa shape index (κ2) is 7.82. The van der Waals surface area contributed by atoms with Crippen molar-refractivity contribution < 1.29 is 39.9 Å². The molecular weight excluding hydrogens is 438 g/mol. The summed E-state index contributed by atoms with van der Waals surface area (Å²) in [7, 11) is 0. The molecule has 1 aromatic heterocycles. The van der Waals surface area contributed by atoms with Crippen molar-refractivity contribution in [2.75, 3.05) is 4.90 Å². The van der Waals surface area contributed by atoms with Crippen molar-refractivity contribution in [2.24, 2.45) is 0 Å². The number of hydrogen-bond acceptors (Lipinski definition) is 3.